The van der Waals surface area contributed by atoms with Crippen LogP contribution in [0.3, 0.4) is 0 Å². The van der Waals surface area contributed by atoms with E-state index in [0.29, 0.717) is 19.3 Å². The maximum atomic E-state index is 12.5. The van der Waals surface area contributed by atoms with Crippen LogP contribution in [0, 0.1) is 0 Å². The third-order valence-corrected chi connectivity index (χ3v) is 8.14. The van der Waals surface area contributed by atoms with Crippen molar-refractivity contribution in [1.29, 1.82) is 0 Å². The summed E-state index contributed by atoms with van der Waals surface area (Å²) in [5.41, 5.74) is 0.561. The summed E-state index contributed by atoms with van der Waals surface area (Å²) in [5, 5.41) is -0.258. The van der Waals surface area contributed by atoms with E-state index in [0.717, 1.165) is 5.57 Å². The van der Waals surface area contributed by atoms with E-state index in [1.54, 1.807) is 6.08 Å². The molecule has 1 saturated heterocycles. The molecule has 3 unspecified atom stereocenters. The Morgan fingerprint density at radius 1 is 1.38 bits per heavy atom. The molecule has 5 nitrogen and oxygen atoms in total. The van der Waals surface area contributed by atoms with Gasteiger partial charge in [0.15, 0.2) is 5.78 Å². The van der Waals surface area contributed by atoms with Gasteiger partial charge in [0.25, 0.3) is 0 Å². The molecule has 0 aromatic heterocycles. The Balaban J connectivity index is 2.08. The number of ketones is 1. The van der Waals surface area contributed by atoms with E-state index in [1.807, 2.05) is 26.8 Å². The predicted molar refractivity (Wildman–Crippen MR) is 104 cm³/mol. The molecular weight excluding hydrogens is 348 g/mol. The van der Waals surface area contributed by atoms with Crippen LogP contribution in [0.15, 0.2) is 23.8 Å². The van der Waals surface area contributed by atoms with E-state index in [4.69, 9.17) is 9.47 Å². The van der Waals surface area contributed by atoms with Gasteiger partial charge in [-0.3, -0.25) is 4.79 Å². The minimum atomic E-state index is -1.69. The number of rotatable bonds is 7. The van der Waals surface area contributed by atoms with Gasteiger partial charge in [0.05, 0.1) is 38.2 Å². The number of esters is 1. The summed E-state index contributed by atoms with van der Waals surface area (Å²) in [4.78, 5) is 23.7. The molecule has 0 saturated carbocycles. The largest absolute Gasteiger partial charge is 0.466 e. The molecule has 1 fully saturated rings. The first-order chi connectivity index (χ1) is 11.9. The molecule has 146 valence electrons. The number of epoxide rings is 1. The van der Waals surface area contributed by atoms with Crippen LogP contribution in [0.4, 0.5) is 0 Å². The summed E-state index contributed by atoms with van der Waals surface area (Å²) in [6, 6.07) is 0. The lowest BCUT2D eigenvalue weighted by atomic mass is 10.1. The number of methoxy groups -OCH3 is 1. The normalized spacial score (nSPS) is 29.2. The topological polar surface area (TPSA) is 65.1 Å². The minimum Gasteiger partial charge on any atom is -0.466 e. The zero-order valence-corrected chi connectivity index (χ0v) is 18.0. The van der Waals surface area contributed by atoms with Crippen molar-refractivity contribution in [2.24, 2.45) is 0 Å². The Bertz CT molecular complexity index is 623. The maximum absolute atomic E-state index is 12.5. The molecule has 0 aromatic carbocycles. The monoisotopic (exact) mass is 380 g/mol. The van der Waals surface area contributed by atoms with Crippen molar-refractivity contribution >= 4 is 19.8 Å². The van der Waals surface area contributed by atoms with Crippen molar-refractivity contribution in [3.8, 4) is 0 Å². The molecule has 1 heterocycles. The third kappa shape index (κ3) is 4.93. The Morgan fingerprint density at radius 3 is 2.58 bits per heavy atom. The van der Waals surface area contributed by atoms with Crippen molar-refractivity contribution in [3.05, 3.63) is 23.8 Å². The SMILES string of the molecule is COC(=O)C=CCC1OC1(CC1=CC(OC(C)(C)C)CC1=O)[Si](C)(C)C. The Morgan fingerprint density at radius 2 is 2.04 bits per heavy atom. The lowest BCUT2D eigenvalue weighted by molar-refractivity contribution is -0.134. The fourth-order valence-corrected chi connectivity index (χ4v) is 5.86. The highest BCUT2D eigenvalue weighted by Gasteiger charge is 2.63. The summed E-state index contributed by atoms with van der Waals surface area (Å²) in [7, 11) is -0.332. The maximum Gasteiger partial charge on any atom is 0.330 e. The first kappa shape index (κ1) is 21.1. The first-order valence-corrected chi connectivity index (χ1v) is 12.7. The number of carbonyl (C=O) groups excluding carboxylic acids is 2. The van der Waals surface area contributed by atoms with E-state index in [-0.39, 0.29) is 34.8 Å². The van der Waals surface area contributed by atoms with Gasteiger partial charge in [-0.1, -0.05) is 25.7 Å². The van der Waals surface area contributed by atoms with E-state index < -0.39 is 8.07 Å². The van der Waals surface area contributed by atoms with Crippen LogP contribution < -0.4 is 0 Å². The second kappa shape index (κ2) is 7.41. The summed E-state index contributed by atoms with van der Waals surface area (Å²) in [5.74, 6) is -0.198. The molecule has 0 N–H and O–H groups in total. The summed E-state index contributed by atoms with van der Waals surface area (Å²) < 4.78 is 16.7. The number of hydrogen-bond donors (Lipinski definition) is 0. The van der Waals surface area contributed by atoms with Crippen LogP contribution in [0.5, 0.6) is 0 Å². The molecule has 0 spiro atoms. The highest BCUT2D eigenvalue weighted by atomic mass is 28.3. The van der Waals surface area contributed by atoms with Gasteiger partial charge in [-0.05, 0) is 38.8 Å². The highest BCUT2D eigenvalue weighted by Crippen LogP contribution is 2.51. The highest BCUT2D eigenvalue weighted by molar-refractivity contribution is 6.80. The zero-order valence-electron chi connectivity index (χ0n) is 17.0. The molecule has 1 aliphatic carbocycles. The molecule has 0 bridgehead atoms. The smallest absolute Gasteiger partial charge is 0.330 e. The molecule has 1 aliphatic heterocycles. The quantitative estimate of drug-likeness (QED) is 0.292. The van der Waals surface area contributed by atoms with Gasteiger partial charge in [-0.25, -0.2) is 4.79 Å². The predicted octanol–water partition coefficient (Wildman–Crippen LogP) is 3.59. The fraction of sp³-hybridized carbons (Fsp3) is 0.700. The summed E-state index contributed by atoms with van der Waals surface area (Å²) in [6.07, 6.45) is 6.84. The van der Waals surface area contributed by atoms with Crippen molar-refractivity contribution in [2.45, 2.75) is 82.7 Å². The van der Waals surface area contributed by atoms with E-state index in [9.17, 15) is 9.59 Å². The second-order valence-corrected chi connectivity index (χ2v) is 14.5. The number of ether oxygens (including phenoxy) is 3. The molecule has 3 atom stereocenters. The van der Waals surface area contributed by atoms with E-state index in [1.165, 1.54) is 13.2 Å². The fourth-order valence-electron chi connectivity index (χ4n) is 3.55. The minimum absolute atomic E-state index is 0.0476. The Kier molecular flexibility index (Phi) is 6.00. The molecule has 2 aliphatic rings. The average molecular weight is 381 g/mol. The van der Waals surface area contributed by atoms with Gasteiger partial charge in [0.2, 0.25) is 0 Å². The molecule has 26 heavy (non-hydrogen) atoms. The van der Waals surface area contributed by atoms with Gasteiger partial charge >= 0.3 is 5.97 Å². The number of hydrogen-bond acceptors (Lipinski definition) is 5. The van der Waals surface area contributed by atoms with E-state index >= 15 is 0 Å². The van der Waals surface area contributed by atoms with E-state index in [2.05, 4.69) is 24.4 Å². The van der Waals surface area contributed by atoms with Gasteiger partial charge in [0, 0.05) is 18.9 Å². The molecule has 0 aromatic rings. The first-order valence-electron chi connectivity index (χ1n) is 9.22. The lowest BCUT2D eigenvalue weighted by Crippen LogP contribution is -2.44. The van der Waals surface area contributed by atoms with Crippen molar-refractivity contribution in [3.63, 3.8) is 0 Å². The van der Waals surface area contributed by atoms with Crippen molar-refractivity contribution in [1.82, 2.24) is 0 Å². The zero-order chi connectivity index (χ0) is 19.8. The molecule has 6 heteroatoms. The number of Topliss-reactive ketones (excluding diaryl/α,β-unsaturated/α-hetero) is 1. The summed E-state index contributed by atoms with van der Waals surface area (Å²) >= 11 is 0. The van der Waals surface area contributed by atoms with Crippen LogP contribution >= 0.6 is 0 Å². The molecular formula is C20H32O5Si. The van der Waals surface area contributed by atoms with Crippen LogP contribution in [0.2, 0.25) is 19.6 Å². The van der Waals surface area contributed by atoms with Crippen LogP contribution in [0.1, 0.15) is 40.0 Å². The van der Waals surface area contributed by atoms with Crippen LogP contribution in [0.25, 0.3) is 0 Å². The lowest BCUT2D eigenvalue weighted by Gasteiger charge is -2.26. The Hall–Kier alpha value is -1.24. The molecule has 0 radical (unpaired) electrons. The van der Waals surface area contributed by atoms with Crippen LogP contribution in [-0.4, -0.2) is 50.0 Å². The van der Waals surface area contributed by atoms with Gasteiger partial charge < -0.3 is 14.2 Å². The Labute approximate surface area is 157 Å². The standard InChI is InChI=1S/C20H32O5Si/c1-19(2,3)24-15-11-14(16(21)12-15)13-20(26(5,6)7)17(25-20)9-8-10-18(22)23-4/h8,10-11,15,17H,9,12-13H2,1-7H3. The molecule has 2 rings (SSSR count). The van der Waals surface area contributed by atoms with Gasteiger partial charge in [-0.2, -0.15) is 0 Å². The van der Waals surface area contributed by atoms with Crippen molar-refractivity contribution in [2.75, 3.05) is 7.11 Å². The average Bonchev–Trinajstić information content (AvgIpc) is 3.08. The van der Waals surface area contributed by atoms with Gasteiger partial charge in [-0.15, -0.1) is 0 Å². The van der Waals surface area contributed by atoms with Crippen molar-refractivity contribution < 1.29 is 23.8 Å². The third-order valence-electron chi connectivity index (χ3n) is 4.98. The van der Waals surface area contributed by atoms with Crippen LogP contribution in [-0.2, 0) is 23.8 Å². The van der Waals surface area contributed by atoms with Gasteiger partial charge in [0.1, 0.15) is 0 Å². The molecule has 0 amide bonds. The summed E-state index contributed by atoms with van der Waals surface area (Å²) in [6.45, 7) is 12.8. The second-order valence-electron chi connectivity index (χ2n) is 9.17. The number of carbonyl (C=O) groups is 2.